The van der Waals surface area contributed by atoms with Crippen LogP contribution in [0.3, 0.4) is 0 Å². The van der Waals surface area contributed by atoms with Gasteiger partial charge in [0.2, 0.25) is 15.6 Å². The van der Waals surface area contributed by atoms with Crippen LogP contribution in [0.2, 0.25) is 5.02 Å². The Balaban J connectivity index is 1.96. The molecular formula is C25H26ClF7N2O7S2. The lowest BCUT2D eigenvalue weighted by atomic mass is 10.1. The molecule has 1 aliphatic rings. The Bertz CT molecular complexity index is 1620. The average molecular weight is 699 g/mol. The lowest BCUT2D eigenvalue weighted by molar-refractivity contribution is -0.257. The van der Waals surface area contributed by atoms with E-state index in [1.807, 2.05) is 0 Å². The van der Waals surface area contributed by atoms with E-state index in [1.54, 1.807) is 0 Å². The molecule has 0 saturated carbocycles. The summed E-state index contributed by atoms with van der Waals surface area (Å²) >= 11 is 5.76. The summed E-state index contributed by atoms with van der Waals surface area (Å²) in [5, 5.41) is -0.543. The molecule has 0 unspecified atom stereocenters. The van der Waals surface area contributed by atoms with Crippen LogP contribution >= 0.6 is 11.6 Å². The second-order valence-corrected chi connectivity index (χ2v) is 14.8. The minimum Gasteiger partial charge on any atom is -0.486 e. The number of sulfonamides is 2. The predicted octanol–water partition coefficient (Wildman–Crippen LogP) is 5.08. The van der Waals surface area contributed by atoms with Gasteiger partial charge in [-0.15, -0.1) is 0 Å². The molecule has 19 heteroatoms. The van der Waals surface area contributed by atoms with Crippen LogP contribution < -0.4 is 9.04 Å². The number of ether oxygens (including phenoxy) is 2. The number of esters is 1. The number of fused-ring (bicyclic) bond motifs is 1. The van der Waals surface area contributed by atoms with Gasteiger partial charge >= 0.3 is 18.3 Å². The van der Waals surface area contributed by atoms with E-state index in [0.29, 0.717) is 13.8 Å². The number of carbonyl (C=O) groups is 1. The normalized spacial score (nSPS) is 16.5. The van der Waals surface area contributed by atoms with Crippen molar-refractivity contribution in [3.8, 4) is 5.75 Å². The summed E-state index contributed by atoms with van der Waals surface area (Å²) in [7, 11) is -8.33. The zero-order chi connectivity index (χ0) is 33.5. The van der Waals surface area contributed by atoms with Gasteiger partial charge in [-0.2, -0.15) is 30.6 Å². The number of benzene rings is 2. The van der Waals surface area contributed by atoms with Gasteiger partial charge in [0.25, 0.3) is 10.0 Å². The van der Waals surface area contributed by atoms with Gasteiger partial charge in [0, 0.05) is 13.5 Å². The molecule has 0 amide bonds. The topological polar surface area (TPSA) is 110 Å². The third-order valence-corrected chi connectivity index (χ3v) is 10.3. The second kappa shape index (κ2) is 12.5. The Kier molecular flexibility index (Phi) is 10.1. The van der Waals surface area contributed by atoms with E-state index < -0.39 is 97.5 Å². The first-order valence-corrected chi connectivity index (χ1v) is 15.9. The number of rotatable bonds is 10. The molecule has 0 N–H and O–H groups in total. The summed E-state index contributed by atoms with van der Waals surface area (Å²) in [6.45, 7) is -1.04. The van der Waals surface area contributed by atoms with E-state index >= 15 is 0 Å². The van der Waals surface area contributed by atoms with Crippen LogP contribution in [0.1, 0.15) is 25.8 Å². The van der Waals surface area contributed by atoms with Gasteiger partial charge in [0.15, 0.2) is 0 Å². The van der Waals surface area contributed by atoms with E-state index in [4.69, 9.17) is 16.3 Å². The maximum Gasteiger partial charge on any atom is 0.427 e. The fourth-order valence-electron chi connectivity index (χ4n) is 3.94. The first-order chi connectivity index (χ1) is 19.9. The van der Waals surface area contributed by atoms with Crippen molar-refractivity contribution in [3.63, 3.8) is 0 Å². The van der Waals surface area contributed by atoms with Crippen molar-refractivity contribution in [2.24, 2.45) is 0 Å². The van der Waals surface area contributed by atoms with E-state index in [1.165, 1.54) is 12.1 Å². The van der Waals surface area contributed by atoms with Crippen molar-refractivity contribution < 1.29 is 61.8 Å². The molecule has 2 aromatic rings. The number of alkyl halides is 6. The number of carbonyl (C=O) groups excluding carboxylic acids is 1. The number of hydrogen-bond acceptors (Lipinski definition) is 7. The molecule has 246 valence electrons. The third kappa shape index (κ3) is 8.45. The summed E-state index contributed by atoms with van der Waals surface area (Å²) in [6.07, 6.45) is -12.1. The van der Waals surface area contributed by atoms with Crippen LogP contribution in [0.25, 0.3) is 0 Å². The van der Waals surface area contributed by atoms with Gasteiger partial charge in [-0.3, -0.25) is 9.10 Å². The van der Waals surface area contributed by atoms with Gasteiger partial charge in [-0.25, -0.2) is 21.2 Å². The van der Waals surface area contributed by atoms with Gasteiger partial charge in [0.1, 0.15) is 24.2 Å². The van der Waals surface area contributed by atoms with Gasteiger partial charge in [-0.05, 0) is 49.7 Å². The Morgan fingerprint density at radius 2 is 1.70 bits per heavy atom. The highest BCUT2D eigenvalue weighted by molar-refractivity contribution is 7.92. The van der Waals surface area contributed by atoms with Crippen molar-refractivity contribution in [2.45, 2.75) is 55.6 Å². The van der Waals surface area contributed by atoms with E-state index in [0.717, 1.165) is 35.6 Å². The van der Waals surface area contributed by atoms with Crippen molar-refractivity contribution in [1.82, 2.24) is 4.31 Å². The molecule has 1 heterocycles. The first-order valence-electron chi connectivity index (χ1n) is 12.5. The Labute approximate surface area is 253 Å². The monoisotopic (exact) mass is 698 g/mol. The highest BCUT2D eigenvalue weighted by Gasteiger charge is 2.50. The first kappa shape index (κ1) is 35.6. The standard InChI is InChI=1S/C25H26ClF7N2O7S2/c1-23(2,25(31,32)33)42-22(36)11-15-4-7-21-20(10-15)35(44(39,40)17-5-6-19(27)18(26)12-17)13-16(41-21)8-9-43(37,38)34(3)14-24(28,29)30/h4-7,10,12,16H,8-9,11,13-14H2,1-3H3/t16-/m0/s1. The van der Waals surface area contributed by atoms with E-state index in [2.05, 4.69) is 4.74 Å². The zero-order valence-electron chi connectivity index (χ0n) is 23.2. The highest BCUT2D eigenvalue weighted by atomic mass is 35.5. The average Bonchev–Trinajstić information content (AvgIpc) is 2.86. The SMILES string of the molecule is CN(CC(F)(F)F)S(=O)(=O)CC[C@H]1CN(S(=O)(=O)c2ccc(F)c(Cl)c2)c2cc(CC(=O)OC(C)(C)C(F)(F)F)ccc2O1. The van der Waals surface area contributed by atoms with E-state index in [-0.39, 0.29) is 21.3 Å². The molecule has 1 atom stereocenters. The maximum absolute atomic E-state index is 13.8. The summed E-state index contributed by atoms with van der Waals surface area (Å²) in [4.78, 5) is 11.8. The summed E-state index contributed by atoms with van der Waals surface area (Å²) in [5.41, 5.74) is -3.01. The highest BCUT2D eigenvalue weighted by Crippen LogP contribution is 2.39. The van der Waals surface area contributed by atoms with Crippen LogP contribution in [-0.2, 0) is 36.0 Å². The van der Waals surface area contributed by atoms with Crippen LogP contribution in [0.4, 0.5) is 36.4 Å². The number of halogens is 8. The molecule has 0 spiro atoms. The van der Waals surface area contributed by atoms with Crippen molar-refractivity contribution >= 4 is 43.3 Å². The fourth-order valence-corrected chi connectivity index (χ4v) is 6.93. The quantitative estimate of drug-likeness (QED) is 0.252. The Morgan fingerprint density at radius 3 is 2.27 bits per heavy atom. The molecule has 3 rings (SSSR count). The largest absolute Gasteiger partial charge is 0.486 e. The summed E-state index contributed by atoms with van der Waals surface area (Å²) < 4.78 is 155. The lowest BCUT2D eigenvalue weighted by Crippen LogP contribution is -2.45. The zero-order valence-corrected chi connectivity index (χ0v) is 25.6. The summed E-state index contributed by atoms with van der Waals surface area (Å²) in [6, 6.07) is 6.04. The second-order valence-electron chi connectivity index (χ2n) is 10.3. The fraction of sp³-hybridized carbons (Fsp3) is 0.480. The molecule has 9 nitrogen and oxygen atoms in total. The van der Waals surface area contributed by atoms with Crippen molar-refractivity contribution in [3.05, 3.63) is 52.8 Å². The molecule has 0 saturated heterocycles. The van der Waals surface area contributed by atoms with Crippen LogP contribution in [-0.4, -0.2) is 77.1 Å². The molecule has 44 heavy (non-hydrogen) atoms. The smallest absolute Gasteiger partial charge is 0.427 e. The lowest BCUT2D eigenvalue weighted by Gasteiger charge is -2.36. The summed E-state index contributed by atoms with van der Waals surface area (Å²) in [5.74, 6) is -3.22. The molecule has 0 aromatic heterocycles. The third-order valence-electron chi connectivity index (χ3n) is 6.41. The van der Waals surface area contributed by atoms with E-state index in [9.17, 15) is 52.4 Å². The molecular weight excluding hydrogens is 673 g/mol. The molecule has 0 fully saturated rings. The minimum atomic E-state index is -4.88. The van der Waals surface area contributed by atoms with Crippen LogP contribution in [0.15, 0.2) is 41.3 Å². The van der Waals surface area contributed by atoms with Crippen molar-refractivity contribution in [1.29, 1.82) is 0 Å². The Morgan fingerprint density at radius 1 is 1.07 bits per heavy atom. The Hall–Kier alpha value is -2.83. The predicted molar refractivity (Wildman–Crippen MR) is 144 cm³/mol. The van der Waals surface area contributed by atoms with Gasteiger partial charge in [-0.1, -0.05) is 17.7 Å². The molecule has 0 radical (unpaired) electrons. The van der Waals surface area contributed by atoms with Gasteiger partial charge < -0.3 is 9.47 Å². The van der Waals surface area contributed by atoms with Crippen LogP contribution in [0, 0.1) is 5.82 Å². The van der Waals surface area contributed by atoms with Gasteiger partial charge in [0.05, 0.1) is 34.3 Å². The molecule has 2 aromatic carbocycles. The molecule has 1 aliphatic heterocycles. The molecule has 0 bridgehead atoms. The minimum absolute atomic E-state index is 0.0162. The van der Waals surface area contributed by atoms with Crippen LogP contribution in [0.5, 0.6) is 5.75 Å². The van der Waals surface area contributed by atoms with Crippen molar-refractivity contribution in [2.75, 3.05) is 30.2 Å². The number of anilines is 1. The number of hydrogen-bond donors (Lipinski definition) is 0. The molecule has 0 aliphatic carbocycles. The number of nitrogens with zero attached hydrogens (tertiary/aromatic N) is 2. The maximum atomic E-state index is 13.8.